The molecule has 0 radical (unpaired) electrons. The highest BCUT2D eigenvalue weighted by Gasteiger charge is 2.72. The summed E-state index contributed by atoms with van der Waals surface area (Å²) in [6.45, 7) is 21.4. The number of carboxylic acid groups (broad SMARTS) is 2. The maximum Gasteiger partial charge on any atom is 0.309 e. The van der Waals surface area contributed by atoms with Gasteiger partial charge in [0.05, 0.1) is 29.2 Å². The Kier molecular flexibility index (Phi) is 9.42. The van der Waals surface area contributed by atoms with Crippen molar-refractivity contribution in [3.63, 3.8) is 0 Å². The van der Waals surface area contributed by atoms with Gasteiger partial charge in [-0.25, -0.2) is 8.78 Å². The molecule has 0 aromatic heterocycles. The number of allylic oxidation sites excluding steroid dienone is 1. The lowest BCUT2D eigenvalue weighted by Gasteiger charge is -2.72. The van der Waals surface area contributed by atoms with Gasteiger partial charge in [-0.2, -0.15) is 0 Å². The van der Waals surface area contributed by atoms with Crippen LogP contribution in [0.5, 0.6) is 0 Å². The fourth-order valence-corrected chi connectivity index (χ4v) is 14.0. The molecular formula is C42H63F2NO7. The second kappa shape index (κ2) is 12.5. The van der Waals surface area contributed by atoms with E-state index in [2.05, 4.69) is 46.5 Å². The van der Waals surface area contributed by atoms with Crippen LogP contribution >= 0.6 is 0 Å². The van der Waals surface area contributed by atoms with Crippen molar-refractivity contribution in [2.24, 2.45) is 68.0 Å². The predicted molar refractivity (Wildman–Crippen MR) is 192 cm³/mol. The van der Waals surface area contributed by atoms with Gasteiger partial charge in [0.25, 0.3) is 5.92 Å². The molecule has 292 valence electrons. The van der Waals surface area contributed by atoms with Crippen LogP contribution in [-0.4, -0.2) is 52.1 Å². The summed E-state index contributed by atoms with van der Waals surface area (Å²) >= 11 is 0. The van der Waals surface area contributed by atoms with Gasteiger partial charge in [0.1, 0.15) is 6.10 Å². The molecule has 5 unspecified atom stereocenters. The maximum absolute atomic E-state index is 15.1. The van der Waals surface area contributed by atoms with Crippen LogP contribution in [0.3, 0.4) is 0 Å². The number of halogens is 2. The Morgan fingerprint density at radius 1 is 0.865 bits per heavy atom. The molecule has 8 nitrogen and oxygen atoms in total. The van der Waals surface area contributed by atoms with Gasteiger partial charge in [0, 0.05) is 11.8 Å². The Bertz CT molecular complexity index is 1520. The first-order valence-electron chi connectivity index (χ1n) is 19.9. The number of hydrogen-bond acceptors (Lipinski definition) is 5. The molecule has 0 spiro atoms. The van der Waals surface area contributed by atoms with Crippen LogP contribution in [0.2, 0.25) is 0 Å². The molecule has 6 aliphatic rings. The number of ether oxygens (including phenoxy) is 1. The molecule has 12 atom stereocenters. The highest BCUT2D eigenvalue weighted by Crippen LogP contribution is 2.77. The van der Waals surface area contributed by atoms with Gasteiger partial charge in [0.15, 0.2) is 0 Å². The lowest BCUT2D eigenvalue weighted by Crippen LogP contribution is -2.67. The van der Waals surface area contributed by atoms with E-state index in [-0.39, 0.29) is 64.3 Å². The van der Waals surface area contributed by atoms with Crippen molar-refractivity contribution in [2.45, 2.75) is 157 Å². The summed E-state index contributed by atoms with van der Waals surface area (Å²) in [6.07, 6.45) is 7.02. The number of rotatable bonds is 8. The Balaban J connectivity index is 1.26. The van der Waals surface area contributed by atoms with Gasteiger partial charge >= 0.3 is 17.9 Å². The van der Waals surface area contributed by atoms with Crippen molar-refractivity contribution < 1.29 is 42.9 Å². The molecule has 0 saturated heterocycles. The normalized spacial score (nSPS) is 44.7. The van der Waals surface area contributed by atoms with Crippen LogP contribution in [0.1, 0.15) is 139 Å². The Morgan fingerprint density at radius 3 is 2.13 bits per heavy atom. The third kappa shape index (κ3) is 5.67. The summed E-state index contributed by atoms with van der Waals surface area (Å²) < 4.78 is 36.4. The van der Waals surface area contributed by atoms with Crippen LogP contribution < -0.4 is 5.32 Å². The number of carbonyl (C=O) groups excluding carboxylic acids is 2. The first-order valence-corrected chi connectivity index (χ1v) is 19.9. The third-order valence-electron chi connectivity index (χ3n) is 17.1. The zero-order valence-electron chi connectivity index (χ0n) is 32.7. The molecule has 6 aliphatic carbocycles. The Morgan fingerprint density at radius 2 is 1.54 bits per heavy atom. The molecule has 52 heavy (non-hydrogen) atoms. The summed E-state index contributed by atoms with van der Waals surface area (Å²) in [7, 11) is 0. The van der Waals surface area contributed by atoms with Crippen LogP contribution in [0.25, 0.3) is 0 Å². The number of esters is 1. The fourth-order valence-electron chi connectivity index (χ4n) is 14.0. The molecular weight excluding hydrogens is 668 g/mol. The number of aliphatic carboxylic acids is 2. The molecule has 0 aliphatic heterocycles. The van der Waals surface area contributed by atoms with Crippen molar-refractivity contribution >= 4 is 23.8 Å². The summed E-state index contributed by atoms with van der Waals surface area (Å²) in [5.74, 6) is -6.42. The monoisotopic (exact) mass is 731 g/mol. The van der Waals surface area contributed by atoms with Crippen molar-refractivity contribution in [1.29, 1.82) is 0 Å². The summed E-state index contributed by atoms with van der Waals surface area (Å²) in [5, 5.41) is 21.8. The average molecular weight is 732 g/mol. The predicted octanol–water partition coefficient (Wildman–Crippen LogP) is 8.67. The van der Waals surface area contributed by atoms with Gasteiger partial charge in [-0.1, -0.05) is 46.8 Å². The lowest BCUT2D eigenvalue weighted by molar-refractivity contribution is -0.249. The number of carboxylic acids is 2. The second-order valence-corrected chi connectivity index (χ2v) is 20.3. The van der Waals surface area contributed by atoms with Crippen LogP contribution in [-0.2, 0) is 23.9 Å². The van der Waals surface area contributed by atoms with Crippen molar-refractivity contribution in [2.75, 3.05) is 0 Å². The summed E-state index contributed by atoms with van der Waals surface area (Å²) in [6, 6.07) is -1.47. The lowest BCUT2D eigenvalue weighted by atomic mass is 9.32. The zero-order valence-corrected chi connectivity index (χ0v) is 32.7. The number of nitrogens with one attached hydrogen (secondary N) is 1. The number of amides is 1. The zero-order chi connectivity index (χ0) is 38.6. The van der Waals surface area contributed by atoms with E-state index in [0.29, 0.717) is 24.7 Å². The smallest absolute Gasteiger partial charge is 0.309 e. The standard InChI is InChI=1S/C42H63F2NO7/c1-23(2)25-12-17-41(34(49)45-29-20-24(33(47)48)21-42(29,43)44)19-18-39(8)26(32(25)41)10-11-28-38(7)15-14-30(52-31(46)22-36(3,4)35(50)51)37(5,6)27(38)13-16-40(28,39)9/h24-30,32H,1,10-22H2,2-9H3,(H,45,49)(H,47,48)(H,50,51)/t24?,25?,26?,27-,28+,29?,30-,32?,38-,39+,40+,41-/m0/s1. The second-order valence-electron chi connectivity index (χ2n) is 20.3. The van der Waals surface area contributed by atoms with Crippen LogP contribution in [0.4, 0.5) is 8.78 Å². The van der Waals surface area contributed by atoms with Crippen LogP contribution in [0.15, 0.2) is 12.2 Å². The van der Waals surface area contributed by atoms with E-state index in [9.17, 15) is 29.4 Å². The van der Waals surface area contributed by atoms with E-state index in [1.807, 2.05) is 6.92 Å². The molecule has 0 bridgehead atoms. The SMILES string of the molecule is C=C(C)C1CC[C@]2(C(=O)NC3CC(C(=O)O)CC3(F)F)CC[C@]3(C)C(CC[C@@H]4[C@@]5(C)CC[C@H](OC(=O)CC(C)(C)C(=O)O)C(C)(C)[C@@H]5CC[C@]43C)C12. The molecule has 0 aromatic carbocycles. The minimum absolute atomic E-state index is 0.00218. The van der Waals surface area contributed by atoms with E-state index in [0.717, 1.165) is 56.9 Å². The van der Waals surface area contributed by atoms with Crippen molar-refractivity contribution in [1.82, 2.24) is 5.32 Å². The maximum atomic E-state index is 15.1. The first kappa shape index (κ1) is 39.2. The van der Waals surface area contributed by atoms with Crippen molar-refractivity contribution in [3.05, 3.63) is 12.2 Å². The van der Waals surface area contributed by atoms with E-state index in [4.69, 9.17) is 4.74 Å². The quantitative estimate of drug-likeness (QED) is 0.168. The van der Waals surface area contributed by atoms with Gasteiger partial charge in [-0.15, -0.1) is 0 Å². The van der Waals surface area contributed by atoms with Crippen molar-refractivity contribution in [3.8, 4) is 0 Å². The van der Waals surface area contributed by atoms with Gasteiger partial charge < -0.3 is 20.3 Å². The number of hydrogen-bond donors (Lipinski definition) is 3. The van der Waals surface area contributed by atoms with Gasteiger partial charge in [-0.3, -0.25) is 19.2 Å². The highest BCUT2D eigenvalue weighted by atomic mass is 19.3. The largest absolute Gasteiger partial charge is 0.481 e. The number of carbonyl (C=O) groups is 4. The average Bonchev–Trinajstić information content (AvgIpc) is 3.57. The van der Waals surface area contributed by atoms with E-state index in [1.54, 1.807) is 13.8 Å². The first-order chi connectivity index (χ1) is 23.9. The molecule has 10 heteroatoms. The van der Waals surface area contributed by atoms with E-state index < -0.39 is 53.0 Å². The van der Waals surface area contributed by atoms with E-state index >= 15 is 8.78 Å². The molecule has 6 rings (SSSR count). The summed E-state index contributed by atoms with van der Waals surface area (Å²) in [4.78, 5) is 50.9. The molecule has 6 fully saturated rings. The van der Waals surface area contributed by atoms with Gasteiger partial charge in [0.2, 0.25) is 5.91 Å². The molecule has 1 amide bonds. The molecule has 0 aromatic rings. The molecule has 6 saturated carbocycles. The number of alkyl halides is 2. The highest BCUT2D eigenvalue weighted by molar-refractivity contribution is 5.84. The molecule has 3 N–H and O–H groups in total. The minimum atomic E-state index is -3.26. The fraction of sp³-hybridized carbons (Fsp3) is 0.857. The third-order valence-corrected chi connectivity index (χ3v) is 17.1. The van der Waals surface area contributed by atoms with Crippen LogP contribution in [0, 0.1) is 68.0 Å². The molecule has 0 heterocycles. The number of fused-ring (bicyclic) bond motifs is 7. The topological polar surface area (TPSA) is 130 Å². The Hall–Kier alpha value is -2.52. The van der Waals surface area contributed by atoms with Gasteiger partial charge in [-0.05, 0) is 137 Å². The van der Waals surface area contributed by atoms with E-state index in [1.165, 1.54) is 0 Å². The summed E-state index contributed by atoms with van der Waals surface area (Å²) in [5.41, 5.74) is -1.34. The Labute approximate surface area is 308 Å². The minimum Gasteiger partial charge on any atom is -0.481 e.